The van der Waals surface area contributed by atoms with Crippen molar-refractivity contribution in [3.8, 4) is 0 Å². The van der Waals surface area contributed by atoms with Crippen LogP contribution in [0.4, 0.5) is 5.95 Å². The van der Waals surface area contributed by atoms with Crippen LogP contribution in [0, 0.1) is 3.57 Å². The highest BCUT2D eigenvalue weighted by atomic mass is 127. The molecule has 3 nitrogen and oxygen atoms in total. The molecule has 0 unspecified atom stereocenters. The lowest BCUT2D eigenvalue weighted by Crippen LogP contribution is -2.18. The van der Waals surface area contributed by atoms with Crippen LogP contribution >= 0.6 is 34.2 Å². The maximum atomic E-state index is 5.84. The summed E-state index contributed by atoms with van der Waals surface area (Å²) in [4.78, 5) is 10.5. The summed E-state index contributed by atoms with van der Waals surface area (Å²) in [6.07, 6.45) is 3.61. The zero-order valence-electron chi connectivity index (χ0n) is 9.27. The first-order valence-corrected chi connectivity index (χ1v) is 6.54. The molecule has 0 aliphatic carbocycles. The lowest BCUT2D eigenvalue weighted by atomic mass is 10.2. The third-order valence-electron chi connectivity index (χ3n) is 2.28. The van der Waals surface area contributed by atoms with E-state index in [2.05, 4.69) is 32.6 Å². The van der Waals surface area contributed by atoms with Gasteiger partial charge in [0.1, 0.15) is 0 Å². The van der Waals surface area contributed by atoms with Gasteiger partial charge in [0.25, 0.3) is 0 Å². The second kappa shape index (κ2) is 5.64. The number of hydrogen-bond acceptors (Lipinski definition) is 3. The van der Waals surface area contributed by atoms with Gasteiger partial charge in [-0.2, -0.15) is 0 Å². The van der Waals surface area contributed by atoms with E-state index >= 15 is 0 Å². The quantitative estimate of drug-likeness (QED) is 0.787. The molecule has 88 valence electrons. The van der Waals surface area contributed by atoms with E-state index in [1.54, 1.807) is 12.4 Å². The molecule has 0 bridgehead atoms. The third kappa shape index (κ3) is 3.54. The molecule has 0 saturated heterocycles. The van der Waals surface area contributed by atoms with Gasteiger partial charge in [-0.1, -0.05) is 23.7 Å². The Kier molecular flexibility index (Phi) is 4.17. The molecule has 0 spiro atoms. The number of halogens is 2. The molecule has 0 N–H and O–H groups in total. The molecule has 0 aliphatic heterocycles. The number of benzene rings is 1. The Hall–Kier alpha value is -0.880. The smallest absolute Gasteiger partial charge is 0.225 e. The number of hydrogen-bond donors (Lipinski definition) is 0. The van der Waals surface area contributed by atoms with Gasteiger partial charge >= 0.3 is 0 Å². The van der Waals surface area contributed by atoms with Crippen molar-refractivity contribution in [3.05, 3.63) is 50.8 Å². The standard InChI is InChI=1S/C12H11ClIN3/c1-17(12-15-6-11(14)7-16-12)8-9-2-4-10(13)5-3-9/h2-7H,8H2,1H3. The van der Waals surface area contributed by atoms with Crippen molar-refractivity contribution in [2.45, 2.75) is 6.54 Å². The van der Waals surface area contributed by atoms with E-state index in [0.717, 1.165) is 21.1 Å². The van der Waals surface area contributed by atoms with Crippen molar-refractivity contribution in [2.24, 2.45) is 0 Å². The molecule has 1 aromatic heterocycles. The lowest BCUT2D eigenvalue weighted by Gasteiger charge is -2.16. The number of aromatic nitrogens is 2. The first-order valence-electron chi connectivity index (χ1n) is 5.08. The van der Waals surface area contributed by atoms with Crippen LogP contribution in [0.1, 0.15) is 5.56 Å². The van der Waals surface area contributed by atoms with Gasteiger partial charge in [0.15, 0.2) is 0 Å². The van der Waals surface area contributed by atoms with Crippen LogP contribution in [0.15, 0.2) is 36.7 Å². The normalized spacial score (nSPS) is 10.3. The monoisotopic (exact) mass is 359 g/mol. The Morgan fingerprint density at radius 1 is 1.18 bits per heavy atom. The summed E-state index contributed by atoms with van der Waals surface area (Å²) in [6, 6.07) is 7.79. The van der Waals surface area contributed by atoms with E-state index in [1.165, 1.54) is 5.56 Å². The summed E-state index contributed by atoms with van der Waals surface area (Å²) in [5, 5.41) is 0.752. The molecule has 17 heavy (non-hydrogen) atoms. The Morgan fingerprint density at radius 3 is 2.35 bits per heavy atom. The molecular weight excluding hydrogens is 349 g/mol. The molecule has 0 saturated carbocycles. The second-order valence-electron chi connectivity index (χ2n) is 3.68. The van der Waals surface area contributed by atoms with Gasteiger partial charge in [-0.3, -0.25) is 0 Å². The van der Waals surface area contributed by atoms with Crippen LogP contribution in [0.3, 0.4) is 0 Å². The Labute approximate surface area is 119 Å². The van der Waals surface area contributed by atoms with Gasteiger partial charge < -0.3 is 4.90 Å². The summed E-state index contributed by atoms with van der Waals surface area (Å²) in [5.41, 5.74) is 1.18. The van der Waals surface area contributed by atoms with Crippen molar-refractivity contribution < 1.29 is 0 Å². The summed E-state index contributed by atoms with van der Waals surface area (Å²) in [6.45, 7) is 0.762. The molecule has 1 aromatic carbocycles. The number of rotatable bonds is 3. The topological polar surface area (TPSA) is 29.0 Å². The van der Waals surface area contributed by atoms with Crippen LogP contribution in [0.2, 0.25) is 5.02 Å². The van der Waals surface area contributed by atoms with Gasteiger partial charge in [-0.05, 0) is 40.3 Å². The van der Waals surface area contributed by atoms with Gasteiger partial charge in [0.05, 0.1) is 0 Å². The first kappa shape index (κ1) is 12.6. The average Bonchev–Trinajstić information content (AvgIpc) is 2.33. The summed E-state index contributed by atoms with van der Waals surface area (Å²) < 4.78 is 1.03. The van der Waals surface area contributed by atoms with E-state index in [9.17, 15) is 0 Å². The highest BCUT2D eigenvalue weighted by molar-refractivity contribution is 14.1. The number of nitrogens with zero attached hydrogens (tertiary/aromatic N) is 3. The molecule has 0 fully saturated rings. The Bertz CT molecular complexity index is 484. The SMILES string of the molecule is CN(Cc1ccc(Cl)cc1)c1ncc(I)cn1. The van der Waals surface area contributed by atoms with Crippen LogP contribution in [-0.4, -0.2) is 17.0 Å². The van der Waals surface area contributed by atoms with E-state index in [-0.39, 0.29) is 0 Å². The maximum absolute atomic E-state index is 5.84. The molecule has 5 heteroatoms. The third-order valence-corrected chi connectivity index (χ3v) is 3.09. The van der Waals surface area contributed by atoms with E-state index in [1.807, 2.05) is 36.2 Å². The van der Waals surface area contributed by atoms with E-state index in [0.29, 0.717) is 0 Å². The van der Waals surface area contributed by atoms with Gasteiger partial charge in [0, 0.05) is 34.6 Å². The molecule has 0 amide bonds. The predicted octanol–water partition coefficient (Wildman–Crippen LogP) is 3.37. The fraction of sp³-hybridized carbons (Fsp3) is 0.167. The first-order chi connectivity index (χ1) is 8.15. The Morgan fingerprint density at radius 2 is 1.76 bits per heavy atom. The molecule has 2 aromatic rings. The maximum Gasteiger partial charge on any atom is 0.225 e. The van der Waals surface area contributed by atoms with Crippen molar-refractivity contribution in [3.63, 3.8) is 0 Å². The molecule has 0 radical (unpaired) electrons. The molecule has 2 rings (SSSR count). The minimum atomic E-state index is 0.723. The highest BCUT2D eigenvalue weighted by Gasteiger charge is 2.04. The molecule has 0 atom stereocenters. The van der Waals surface area contributed by atoms with Gasteiger partial charge in [0.2, 0.25) is 5.95 Å². The zero-order chi connectivity index (χ0) is 12.3. The van der Waals surface area contributed by atoms with Crippen molar-refractivity contribution in [1.29, 1.82) is 0 Å². The summed E-state index contributed by atoms with van der Waals surface area (Å²) in [5.74, 6) is 0.723. The van der Waals surface area contributed by atoms with E-state index in [4.69, 9.17) is 11.6 Å². The summed E-state index contributed by atoms with van der Waals surface area (Å²) >= 11 is 8.03. The van der Waals surface area contributed by atoms with Crippen molar-refractivity contribution in [2.75, 3.05) is 11.9 Å². The molecule has 0 aliphatic rings. The van der Waals surface area contributed by atoms with Gasteiger partial charge in [-0.15, -0.1) is 0 Å². The van der Waals surface area contributed by atoms with Crippen LogP contribution in [-0.2, 0) is 6.54 Å². The van der Waals surface area contributed by atoms with Crippen LogP contribution in [0.25, 0.3) is 0 Å². The number of anilines is 1. The largest absolute Gasteiger partial charge is 0.340 e. The fourth-order valence-electron chi connectivity index (χ4n) is 1.44. The zero-order valence-corrected chi connectivity index (χ0v) is 12.2. The van der Waals surface area contributed by atoms with E-state index < -0.39 is 0 Å². The summed E-state index contributed by atoms with van der Waals surface area (Å²) in [7, 11) is 1.97. The van der Waals surface area contributed by atoms with Gasteiger partial charge in [-0.25, -0.2) is 9.97 Å². The minimum Gasteiger partial charge on any atom is -0.340 e. The van der Waals surface area contributed by atoms with Crippen molar-refractivity contribution >= 4 is 40.1 Å². The lowest BCUT2D eigenvalue weighted by molar-refractivity contribution is 0.865. The average molecular weight is 360 g/mol. The van der Waals surface area contributed by atoms with Crippen LogP contribution in [0.5, 0.6) is 0 Å². The highest BCUT2D eigenvalue weighted by Crippen LogP contribution is 2.13. The fourth-order valence-corrected chi connectivity index (χ4v) is 1.84. The Balaban J connectivity index is 2.08. The molecule has 1 heterocycles. The van der Waals surface area contributed by atoms with Crippen molar-refractivity contribution in [1.82, 2.24) is 9.97 Å². The predicted molar refractivity (Wildman–Crippen MR) is 78.3 cm³/mol. The van der Waals surface area contributed by atoms with Crippen LogP contribution < -0.4 is 4.90 Å². The minimum absolute atomic E-state index is 0.723. The molecular formula is C12H11ClIN3. The second-order valence-corrected chi connectivity index (χ2v) is 5.37.